The molecule has 0 N–H and O–H groups in total. The summed E-state index contributed by atoms with van der Waals surface area (Å²) in [5.41, 5.74) is 0. The number of carbonyl (C=O) groups is 4. The summed E-state index contributed by atoms with van der Waals surface area (Å²) in [6, 6.07) is 1.63. The number of hydrogen-bond donors (Lipinski definition) is 0. The number of carbonyl (C=O) groups excluding carboxylic acids is 4. The van der Waals surface area contributed by atoms with E-state index in [2.05, 4.69) is 39.3 Å². The van der Waals surface area contributed by atoms with Gasteiger partial charge in [-0.2, -0.15) is 0 Å². The van der Waals surface area contributed by atoms with Gasteiger partial charge in [-0.05, 0) is 64.2 Å². The van der Waals surface area contributed by atoms with Crippen LogP contribution in [-0.2, 0) is 46.4 Å². The molecule has 0 saturated carbocycles. The van der Waals surface area contributed by atoms with Gasteiger partial charge < -0.3 is 27.2 Å². The molecular weight excluding hydrogens is 533 g/mol. The molecule has 0 aliphatic rings. The molecule has 0 fully saturated rings. The summed E-state index contributed by atoms with van der Waals surface area (Å²) >= 11 is 0. The Hall–Kier alpha value is -1.55. The highest BCUT2D eigenvalue weighted by atomic mass is 28.5. The second-order valence-corrected chi connectivity index (χ2v) is 23.4. The van der Waals surface area contributed by atoms with Gasteiger partial charge >= 0.3 is 32.4 Å². The summed E-state index contributed by atoms with van der Waals surface area (Å²) in [7, 11) is -1.44. The minimum atomic E-state index is -2.46. The maximum absolute atomic E-state index is 12.0. The molecule has 216 valence electrons. The summed E-state index contributed by atoms with van der Waals surface area (Å²) < 4.78 is 32.3. The van der Waals surface area contributed by atoms with Crippen LogP contribution in [0.5, 0.6) is 0 Å². The smallest absolute Gasteiger partial charge is 0.311 e. The molecule has 0 saturated heterocycles. The van der Waals surface area contributed by atoms with Crippen molar-refractivity contribution in [3.8, 4) is 0 Å². The van der Waals surface area contributed by atoms with E-state index in [9.17, 15) is 19.2 Å². The molecule has 0 heterocycles. The summed E-state index contributed by atoms with van der Waals surface area (Å²) in [4.78, 5) is 47.4. The predicted molar refractivity (Wildman–Crippen MR) is 147 cm³/mol. The Bertz CT molecular complexity index is 695. The van der Waals surface area contributed by atoms with E-state index in [1.54, 1.807) is 0 Å². The summed E-state index contributed by atoms with van der Waals surface area (Å²) in [6.45, 7) is 12.7. The zero-order valence-corrected chi connectivity index (χ0v) is 27.4. The first-order valence-corrected chi connectivity index (χ1v) is 21.8. The van der Waals surface area contributed by atoms with Crippen molar-refractivity contribution in [2.75, 3.05) is 28.4 Å². The van der Waals surface area contributed by atoms with Gasteiger partial charge in [-0.15, -0.1) is 0 Å². The zero-order chi connectivity index (χ0) is 28.9. The summed E-state index contributed by atoms with van der Waals surface area (Å²) in [5, 5.41) is 0. The van der Waals surface area contributed by atoms with Crippen molar-refractivity contribution in [3.63, 3.8) is 0 Å². The van der Waals surface area contributed by atoms with E-state index in [4.69, 9.17) is 27.2 Å². The third-order valence-corrected chi connectivity index (χ3v) is 17.5. The van der Waals surface area contributed by atoms with E-state index < -0.39 is 60.9 Å². The van der Waals surface area contributed by atoms with E-state index in [-0.39, 0.29) is 12.8 Å². The first-order chi connectivity index (χ1) is 17.0. The van der Waals surface area contributed by atoms with Crippen LogP contribution in [0.2, 0.25) is 51.4 Å². The quantitative estimate of drug-likeness (QED) is 0.131. The minimum Gasteiger partial charge on any atom is -0.469 e. The topological polar surface area (TPSA) is 124 Å². The van der Waals surface area contributed by atoms with Crippen LogP contribution in [-0.4, -0.2) is 77.5 Å². The SMILES string of the molecule is COC(=O)CC(CCC[Si](C)(C)O[Si](C)(C)O[Si](C)(C)CCCC(CC(=O)OC)C(=O)OC)C(=O)OC. The van der Waals surface area contributed by atoms with Gasteiger partial charge in [0, 0.05) is 0 Å². The fraction of sp³-hybridized carbons (Fsp3) is 0.833. The second kappa shape index (κ2) is 16.4. The maximum Gasteiger partial charge on any atom is 0.311 e. The molecule has 0 spiro atoms. The van der Waals surface area contributed by atoms with Crippen molar-refractivity contribution >= 4 is 49.1 Å². The molecule has 0 bridgehead atoms. The maximum atomic E-state index is 12.0. The van der Waals surface area contributed by atoms with Crippen molar-refractivity contribution in [2.24, 2.45) is 11.8 Å². The van der Waals surface area contributed by atoms with Gasteiger partial charge in [0.05, 0.1) is 53.1 Å². The van der Waals surface area contributed by atoms with Gasteiger partial charge in [-0.25, -0.2) is 0 Å². The average Bonchev–Trinajstić information content (AvgIpc) is 2.79. The number of rotatable bonds is 18. The lowest BCUT2D eigenvalue weighted by Gasteiger charge is -2.39. The van der Waals surface area contributed by atoms with E-state index in [0.29, 0.717) is 12.8 Å². The molecular formula is C24H48O10Si3. The van der Waals surface area contributed by atoms with Crippen LogP contribution in [0.4, 0.5) is 0 Å². The molecule has 13 heteroatoms. The molecule has 0 aliphatic carbocycles. The largest absolute Gasteiger partial charge is 0.469 e. The average molecular weight is 581 g/mol. The molecule has 0 aromatic carbocycles. The van der Waals surface area contributed by atoms with Gasteiger partial charge in [0.2, 0.25) is 0 Å². The number of ether oxygens (including phenoxy) is 4. The molecule has 0 aromatic heterocycles. The van der Waals surface area contributed by atoms with Gasteiger partial charge in [0.25, 0.3) is 0 Å². The number of esters is 4. The van der Waals surface area contributed by atoms with Crippen LogP contribution in [0.15, 0.2) is 0 Å². The Labute approximate surface area is 225 Å². The van der Waals surface area contributed by atoms with E-state index in [1.165, 1.54) is 28.4 Å². The normalized spacial score (nSPS) is 13.9. The Kier molecular flexibility index (Phi) is 15.7. The van der Waals surface area contributed by atoms with Crippen LogP contribution in [0.1, 0.15) is 38.5 Å². The third-order valence-electron chi connectivity index (χ3n) is 6.06. The molecule has 0 aliphatic heterocycles. The summed E-state index contributed by atoms with van der Waals surface area (Å²) in [6.07, 6.45) is 2.53. The van der Waals surface area contributed by atoms with Gasteiger partial charge in [-0.1, -0.05) is 12.8 Å². The standard InChI is InChI=1S/C24H48O10Si3/c1-29-21(25)17-19(23(27)31-3)13-11-15-35(5,6)33-37(9,10)34-36(7,8)16-12-14-20(24(28)32-4)18-22(26)30-2/h19-20H,11-18H2,1-10H3. The second-order valence-electron chi connectivity index (χ2n) is 10.9. The molecule has 0 rings (SSSR count). The number of hydrogen-bond acceptors (Lipinski definition) is 10. The van der Waals surface area contributed by atoms with Gasteiger partial charge in [0.1, 0.15) is 0 Å². The Morgan fingerprint density at radius 3 is 1.16 bits per heavy atom. The zero-order valence-electron chi connectivity index (χ0n) is 24.4. The lowest BCUT2D eigenvalue weighted by Crippen LogP contribution is -2.52. The van der Waals surface area contributed by atoms with Crippen molar-refractivity contribution in [3.05, 3.63) is 0 Å². The van der Waals surface area contributed by atoms with Crippen LogP contribution in [0, 0.1) is 11.8 Å². The minimum absolute atomic E-state index is 0.00558. The predicted octanol–water partition coefficient (Wildman–Crippen LogP) is 4.40. The van der Waals surface area contributed by atoms with Crippen molar-refractivity contribution < 1.29 is 46.4 Å². The van der Waals surface area contributed by atoms with Crippen molar-refractivity contribution in [1.29, 1.82) is 0 Å². The van der Waals surface area contributed by atoms with Crippen molar-refractivity contribution in [2.45, 2.75) is 89.9 Å². The molecule has 0 amide bonds. The Morgan fingerprint density at radius 1 is 0.568 bits per heavy atom. The summed E-state index contributed by atoms with van der Waals surface area (Å²) in [5.74, 6) is -2.72. The Morgan fingerprint density at radius 2 is 0.892 bits per heavy atom. The lowest BCUT2D eigenvalue weighted by atomic mass is 10.0. The van der Waals surface area contributed by atoms with Crippen LogP contribution < -0.4 is 0 Å². The first kappa shape index (κ1) is 35.5. The van der Waals surface area contributed by atoms with Crippen LogP contribution >= 0.6 is 0 Å². The Balaban J connectivity index is 4.91. The highest BCUT2D eigenvalue weighted by Gasteiger charge is 2.39. The van der Waals surface area contributed by atoms with Crippen LogP contribution in [0.25, 0.3) is 0 Å². The van der Waals surface area contributed by atoms with Crippen molar-refractivity contribution in [1.82, 2.24) is 0 Å². The molecule has 2 atom stereocenters. The molecule has 10 nitrogen and oxygen atoms in total. The third kappa shape index (κ3) is 15.5. The highest BCUT2D eigenvalue weighted by molar-refractivity contribution is 6.87. The fourth-order valence-electron chi connectivity index (χ4n) is 4.51. The molecule has 2 unspecified atom stereocenters. The van der Waals surface area contributed by atoms with E-state index in [0.717, 1.165) is 24.9 Å². The van der Waals surface area contributed by atoms with Gasteiger partial charge in [-0.3, -0.25) is 19.2 Å². The molecule has 0 aromatic rings. The lowest BCUT2D eigenvalue weighted by molar-refractivity contribution is -0.152. The van der Waals surface area contributed by atoms with Gasteiger partial charge in [0.15, 0.2) is 16.6 Å². The molecule has 0 radical (unpaired) electrons. The van der Waals surface area contributed by atoms with Crippen LogP contribution in [0.3, 0.4) is 0 Å². The monoisotopic (exact) mass is 580 g/mol. The first-order valence-electron chi connectivity index (χ1n) is 12.7. The highest BCUT2D eigenvalue weighted by Crippen LogP contribution is 2.29. The fourth-order valence-corrected chi connectivity index (χ4v) is 18.6. The van der Waals surface area contributed by atoms with E-state index in [1.807, 2.05) is 0 Å². The molecule has 37 heavy (non-hydrogen) atoms. The number of methoxy groups -OCH3 is 4. The van der Waals surface area contributed by atoms with E-state index >= 15 is 0 Å².